The first-order valence-corrected chi connectivity index (χ1v) is 9.69. The van der Waals surface area contributed by atoms with E-state index in [2.05, 4.69) is 10.1 Å². The molecule has 1 aliphatic rings. The number of likely N-dealkylation sites (tertiary alicyclic amines) is 1. The Morgan fingerprint density at radius 2 is 1.93 bits per heavy atom. The Bertz CT molecular complexity index is 1040. The summed E-state index contributed by atoms with van der Waals surface area (Å²) < 4.78 is 29.2. The van der Waals surface area contributed by atoms with Crippen molar-refractivity contribution in [2.45, 2.75) is 25.3 Å². The lowest BCUT2D eigenvalue weighted by Crippen LogP contribution is -2.32. The SMILES string of the molecule is COc1ccc(-c2noc([C@H]3CCCN3C(=O)Cc3ccc(F)cc3)n2)cc1OC. The van der Waals surface area contributed by atoms with Gasteiger partial charge in [-0.25, -0.2) is 4.39 Å². The summed E-state index contributed by atoms with van der Waals surface area (Å²) in [5, 5.41) is 4.09. The van der Waals surface area contributed by atoms with Crippen LogP contribution in [0.2, 0.25) is 0 Å². The van der Waals surface area contributed by atoms with Gasteiger partial charge < -0.3 is 18.9 Å². The summed E-state index contributed by atoms with van der Waals surface area (Å²) in [7, 11) is 3.13. The van der Waals surface area contributed by atoms with Crippen molar-refractivity contribution in [2.24, 2.45) is 0 Å². The molecule has 1 amide bonds. The first kappa shape index (κ1) is 19.9. The van der Waals surface area contributed by atoms with Crippen LogP contribution >= 0.6 is 0 Å². The monoisotopic (exact) mass is 411 g/mol. The highest BCUT2D eigenvalue weighted by atomic mass is 19.1. The van der Waals surface area contributed by atoms with E-state index in [1.807, 2.05) is 6.07 Å². The van der Waals surface area contributed by atoms with Crippen molar-refractivity contribution >= 4 is 5.91 Å². The third-order valence-electron chi connectivity index (χ3n) is 5.21. The smallest absolute Gasteiger partial charge is 0.249 e. The van der Waals surface area contributed by atoms with Gasteiger partial charge in [0.2, 0.25) is 17.6 Å². The molecule has 0 radical (unpaired) electrons. The molecule has 0 aliphatic carbocycles. The van der Waals surface area contributed by atoms with E-state index < -0.39 is 0 Å². The Balaban J connectivity index is 1.52. The van der Waals surface area contributed by atoms with Gasteiger partial charge in [0.15, 0.2) is 11.5 Å². The fourth-order valence-electron chi connectivity index (χ4n) is 3.66. The molecule has 7 nitrogen and oxygen atoms in total. The summed E-state index contributed by atoms with van der Waals surface area (Å²) in [6, 6.07) is 11.1. The molecular weight excluding hydrogens is 389 g/mol. The topological polar surface area (TPSA) is 77.7 Å². The largest absolute Gasteiger partial charge is 0.493 e. The molecule has 156 valence electrons. The second-order valence-corrected chi connectivity index (χ2v) is 7.07. The van der Waals surface area contributed by atoms with E-state index in [-0.39, 0.29) is 24.2 Å². The zero-order valence-corrected chi connectivity index (χ0v) is 16.8. The van der Waals surface area contributed by atoms with Crippen LogP contribution < -0.4 is 9.47 Å². The average Bonchev–Trinajstić information content (AvgIpc) is 3.44. The maximum absolute atomic E-state index is 13.1. The summed E-state index contributed by atoms with van der Waals surface area (Å²) in [5.74, 6) is 1.64. The fourth-order valence-corrected chi connectivity index (χ4v) is 3.66. The van der Waals surface area contributed by atoms with Gasteiger partial charge in [0.1, 0.15) is 11.9 Å². The number of benzene rings is 2. The van der Waals surface area contributed by atoms with Gasteiger partial charge in [-0.2, -0.15) is 4.98 Å². The number of hydrogen-bond donors (Lipinski definition) is 0. The third-order valence-corrected chi connectivity index (χ3v) is 5.21. The molecule has 0 bridgehead atoms. The van der Waals surface area contributed by atoms with Crippen molar-refractivity contribution < 1.29 is 23.2 Å². The normalized spacial score (nSPS) is 16.0. The number of methoxy groups -OCH3 is 2. The lowest BCUT2D eigenvalue weighted by Gasteiger charge is -2.21. The van der Waals surface area contributed by atoms with E-state index >= 15 is 0 Å². The van der Waals surface area contributed by atoms with Crippen molar-refractivity contribution in [3.63, 3.8) is 0 Å². The summed E-state index contributed by atoms with van der Waals surface area (Å²) >= 11 is 0. The molecule has 2 heterocycles. The number of carbonyl (C=O) groups excluding carboxylic acids is 1. The standard InChI is InChI=1S/C22H22FN3O4/c1-28-18-10-7-15(13-19(18)29-2)21-24-22(30-25-21)17-4-3-11-26(17)20(27)12-14-5-8-16(23)9-6-14/h5-10,13,17H,3-4,11-12H2,1-2H3/t17-/m1/s1. The van der Waals surface area contributed by atoms with Crippen LogP contribution in [0.1, 0.15) is 30.3 Å². The van der Waals surface area contributed by atoms with E-state index in [0.717, 1.165) is 24.0 Å². The summed E-state index contributed by atoms with van der Waals surface area (Å²) in [6.45, 7) is 0.624. The van der Waals surface area contributed by atoms with Crippen LogP contribution in [-0.2, 0) is 11.2 Å². The first-order chi connectivity index (χ1) is 14.6. The van der Waals surface area contributed by atoms with Gasteiger partial charge in [-0.15, -0.1) is 0 Å². The average molecular weight is 411 g/mol. The van der Waals surface area contributed by atoms with E-state index in [9.17, 15) is 9.18 Å². The van der Waals surface area contributed by atoms with Crippen LogP contribution in [-0.4, -0.2) is 41.7 Å². The number of carbonyl (C=O) groups is 1. The number of hydrogen-bond acceptors (Lipinski definition) is 6. The zero-order valence-electron chi connectivity index (χ0n) is 16.8. The molecule has 1 fully saturated rings. The molecule has 30 heavy (non-hydrogen) atoms. The molecule has 0 N–H and O–H groups in total. The molecule has 0 unspecified atom stereocenters. The van der Waals surface area contributed by atoms with Crippen LogP contribution in [0.15, 0.2) is 47.0 Å². The minimum atomic E-state index is -0.321. The summed E-state index contributed by atoms with van der Waals surface area (Å²) in [4.78, 5) is 19.1. The molecule has 4 rings (SSSR count). The zero-order chi connectivity index (χ0) is 21.1. The highest BCUT2D eigenvalue weighted by Gasteiger charge is 2.34. The lowest BCUT2D eigenvalue weighted by molar-refractivity contribution is -0.131. The van der Waals surface area contributed by atoms with Crippen molar-refractivity contribution in [1.29, 1.82) is 0 Å². The van der Waals surface area contributed by atoms with Gasteiger partial charge in [0, 0.05) is 12.1 Å². The van der Waals surface area contributed by atoms with E-state index in [1.165, 1.54) is 12.1 Å². The van der Waals surface area contributed by atoms with Gasteiger partial charge in [0.25, 0.3) is 0 Å². The van der Waals surface area contributed by atoms with Gasteiger partial charge in [0.05, 0.1) is 20.6 Å². The number of amides is 1. The van der Waals surface area contributed by atoms with Crippen LogP contribution in [0, 0.1) is 5.82 Å². The molecule has 2 aromatic carbocycles. The second-order valence-electron chi connectivity index (χ2n) is 7.07. The molecule has 8 heteroatoms. The Kier molecular flexibility index (Phi) is 5.65. The van der Waals surface area contributed by atoms with Crippen molar-refractivity contribution in [3.8, 4) is 22.9 Å². The van der Waals surface area contributed by atoms with E-state index in [4.69, 9.17) is 14.0 Å². The number of nitrogens with zero attached hydrogens (tertiary/aromatic N) is 3. The summed E-state index contributed by atoms with van der Waals surface area (Å²) in [5.41, 5.74) is 1.49. The Morgan fingerprint density at radius 3 is 2.67 bits per heavy atom. The van der Waals surface area contributed by atoms with Crippen molar-refractivity contribution in [3.05, 3.63) is 59.7 Å². The van der Waals surface area contributed by atoms with Gasteiger partial charge >= 0.3 is 0 Å². The Hall–Kier alpha value is -3.42. The quantitative estimate of drug-likeness (QED) is 0.614. The third kappa shape index (κ3) is 3.98. The maximum atomic E-state index is 13.1. The van der Waals surface area contributed by atoms with Crippen molar-refractivity contribution in [2.75, 3.05) is 20.8 Å². The van der Waals surface area contributed by atoms with Crippen LogP contribution in [0.4, 0.5) is 4.39 Å². The number of aromatic nitrogens is 2. The Labute approximate surface area is 173 Å². The number of rotatable bonds is 6. The minimum Gasteiger partial charge on any atom is -0.493 e. The first-order valence-electron chi connectivity index (χ1n) is 9.69. The fraction of sp³-hybridized carbons (Fsp3) is 0.318. The molecule has 3 aromatic rings. The van der Waals surface area contributed by atoms with Crippen molar-refractivity contribution in [1.82, 2.24) is 15.0 Å². The van der Waals surface area contributed by atoms with Crippen LogP contribution in [0.5, 0.6) is 11.5 Å². The van der Waals surface area contributed by atoms with Crippen LogP contribution in [0.25, 0.3) is 11.4 Å². The minimum absolute atomic E-state index is 0.0463. The molecule has 0 spiro atoms. The predicted molar refractivity (Wildman–Crippen MR) is 107 cm³/mol. The van der Waals surface area contributed by atoms with Gasteiger partial charge in [-0.05, 0) is 48.7 Å². The Morgan fingerprint density at radius 1 is 1.17 bits per heavy atom. The molecule has 1 saturated heterocycles. The molecule has 0 saturated carbocycles. The predicted octanol–water partition coefficient (Wildman–Crippen LogP) is 3.80. The number of ether oxygens (including phenoxy) is 2. The van der Waals surface area contributed by atoms with E-state index in [0.29, 0.717) is 29.8 Å². The molecule has 1 aliphatic heterocycles. The highest BCUT2D eigenvalue weighted by Crippen LogP contribution is 2.34. The van der Waals surface area contributed by atoms with Crippen LogP contribution in [0.3, 0.4) is 0 Å². The van der Waals surface area contributed by atoms with Gasteiger partial charge in [-0.1, -0.05) is 17.3 Å². The molecule has 1 atom stereocenters. The maximum Gasteiger partial charge on any atom is 0.249 e. The lowest BCUT2D eigenvalue weighted by atomic mass is 10.1. The summed E-state index contributed by atoms with van der Waals surface area (Å²) in [6.07, 6.45) is 1.81. The molecule has 1 aromatic heterocycles. The van der Waals surface area contributed by atoms with Gasteiger partial charge in [-0.3, -0.25) is 4.79 Å². The van der Waals surface area contributed by atoms with E-state index in [1.54, 1.807) is 43.4 Å². The highest BCUT2D eigenvalue weighted by molar-refractivity contribution is 5.79. The second kappa shape index (κ2) is 8.52. The molecular formula is C22H22FN3O4. The number of halogens is 1.